The molecule has 26 heavy (non-hydrogen) atoms. The lowest BCUT2D eigenvalue weighted by Gasteiger charge is -2.18. The molecular weight excluding hydrogens is 354 g/mol. The highest BCUT2D eigenvalue weighted by atomic mass is 32.2. The van der Waals surface area contributed by atoms with Crippen LogP contribution < -0.4 is 9.46 Å². The summed E-state index contributed by atoms with van der Waals surface area (Å²) in [5.74, 6) is -0.455. The highest BCUT2D eigenvalue weighted by Crippen LogP contribution is 2.23. The molecule has 140 valence electrons. The Kier molecular flexibility index (Phi) is 6.39. The van der Waals surface area contributed by atoms with Gasteiger partial charge in [-0.05, 0) is 50.6 Å². The molecule has 0 bridgehead atoms. The second-order valence-electron chi connectivity index (χ2n) is 6.32. The summed E-state index contributed by atoms with van der Waals surface area (Å²) in [6, 6.07) is 12.2. The Hall–Kier alpha value is -2.38. The zero-order valence-corrected chi connectivity index (χ0v) is 15.8. The molecule has 2 N–H and O–H groups in total. The smallest absolute Gasteiger partial charge is 0.305 e. The van der Waals surface area contributed by atoms with Crippen LogP contribution >= 0.6 is 0 Å². The van der Waals surface area contributed by atoms with E-state index >= 15 is 0 Å². The van der Waals surface area contributed by atoms with E-state index in [2.05, 4.69) is 4.72 Å². The Bertz CT molecular complexity index is 843. The van der Waals surface area contributed by atoms with Gasteiger partial charge in [0.2, 0.25) is 10.0 Å². The number of hydrogen-bond donors (Lipinski definition) is 2. The van der Waals surface area contributed by atoms with Gasteiger partial charge in [-0.25, -0.2) is 13.1 Å². The number of carboxylic acid groups (broad SMARTS) is 1. The highest BCUT2D eigenvalue weighted by Gasteiger charge is 2.23. The van der Waals surface area contributed by atoms with Crippen molar-refractivity contribution in [2.75, 3.05) is 0 Å². The van der Waals surface area contributed by atoms with Gasteiger partial charge in [0.1, 0.15) is 5.75 Å². The van der Waals surface area contributed by atoms with Crippen LogP contribution in [0.5, 0.6) is 5.75 Å². The monoisotopic (exact) mass is 377 g/mol. The summed E-state index contributed by atoms with van der Waals surface area (Å²) in [5, 5.41) is 9.16. The lowest BCUT2D eigenvalue weighted by atomic mass is 10.0. The molecule has 1 unspecified atom stereocenters. The summed E-state index contributed by atoms with van der Waals surface area (Å²) >= 11 is 0. The number of sulfonamides is 1. The molecule has 6 nitrogen and oxygen atoms in total. The SMILES string of the molecule is Cc1ccc(S(=O)(=O)NC(CC(=O)O)c2ccc(OC(C)C)cc2)cc1. The summed E-state index contributed by atoms with van der Waals surface area (Å²) in [7, 11) is -3.84. The molecule has 0 amide bonds. The van der Waals surface area contributed by atoms with Crippen molar-refractivity contribution in [3.8, 4) is 5.75 Å². The number of nitrogens with one attached hydrogen (secondary N) is 1. The molecule has 0 aliphatic heterocycles. The molecule has 0 aromatic heterocycles. The van der Waals surface area contributed by atoms with Crippen molar-refractivity contribution in [3.05, 3.63) is 59.7 Å². The van der Waals surface area contributed by atoms with E-state index in [1.807, 2.05) is 20.8 Å². The quantitative estimate of drug-likeness (QED) is 0.736. The minimum Gasteiger partial charge on any atom is -0.491 e. The largest absolute Gasteiger partial charge is 0.491 e. The summed E-state index contributed by atoms with van der Waals surface area (Å²) < 4.78 is 33.2. The molecule has 1 atom stereocenters. The van der Waals surface area contributed by atoms with Gasteiger partial charge in [-0.2, -0.15) is 0 Å². The van der Waals surface area contributed by atoms with E-state index in [1.54, 1.807) is 36.4 Å². The fraction of sp³-hybridized carbons (Fsp3) is 0.316. The van der Waals surface area contributed by atoms with Crippen molar-refractivity contribution in [1.29, 1.82) is 0 Å². The second kappa shape index (κ2) is 8.33. The summed E-state index contributed by atoms with van der Waals surface area (Å²) in [6.07, 6.45) is -0.356. The van der Waals surface area contributed by atoms with Gasteiger partial charge >= 0.3 is 5.97 Å². The van der Waals surface area contributed by atoms with E-state index in [1.165, 1.54) is 12.1 Å². The zero-order chi connectivity index (χ0) is 19.3. The van der Waals surface area contributed by atoms with E-state index in [-0.39, 0.29) is 17.4 Å². The first kappa shape index (κ1) is 19.9. The maximum Gasteiger partial charge on any atom is 0.305 e. The highest BCUT2D eigenvalue weighted by molar-refractivity contribution is 7.89. The predicted octanol–water partition coefficient (Wildman–Crippen LogP) is 3.28. The Morgan fingerprint density at radius 3 is 2.15 bits per heavy atom. The molecule has 0 fully saturated rings. The lowest BCUT2D eigenvalue weighted by Crippen LogP contribution is -2.30. The van der Waals surface area contributed by atoms with Crippen molar-refractivity contribution in [2.45, 2.75) is 44.2 Å². The number of benzene rings is 2. The molecule has 0 radical (unpaired) electrons. The molecule has 0 saturated heterocycles. The molecular formula is C19H23NO5S. The van der Waals surface area contributed by atoms with Gasteiger partial charge < -0.3 is 9.84 Å². The lowest BCUT2D eigenvalue weighted by molar-refractivity contribution is -0.137. The first-order valence-electron chi connectivity index (χ1n) is 8.25. The molecule has 2 aromatic rings. The average Bonchev–Trinajstić information content (AvgIpc) is 2.54. The molecule has 0 aliphatic carbocycles. The molecule has 0 saturated carbocycles. The number of rotatable bonds is 8. The van der Waals surface area contributed by atoms with Crippen LogP contribution in [0.4, 0.5) is 0 Å². The third-order valence-corrected chi connectivity index (χ3v) is 5.15. The molecule has 0 heterocycles. The van der Waals surface area contributed by atoms with Gasteiger partial charge in [0.15, 0.2) is 0 Å². The molecule has 7 heteroatoms. The number of carboxylic acids is 1. The average molecular weight is 377 g/mol. The van der Waals surface area contributed by atoms with E-state index in [0.29, 0.717) is 11.3 Å². The summed E-state index contributed by atoms with van der Waals surface area (Å²) in [6.45, 7) is 5.66. The van der Waals surface area contributed by atoms with Crippen LogP contribution in [0.25, 0.3) is 0 Å². The summed E-state index contributed by atoms with van der Waals surface area (Å²) in [4.78, 5) is 11.3. The second-order valence-corrected chi connectivity index (χ2v) is 8.03. The van der Waals surface area contributed by atoms with E-state index < -0.39 is 22.0 Å². The van der Waals surface area contributed by atoms with Gasteiger partial charge in [0.25, 0.3) is 0 Å². The number of hydrogen-bond acceptors (Lipinski definition) is 4. The standard InChI is InChI=1S/C19H23NO5S/c1-13(2)25-16-8-6-15(7-9-16)18(12-19(21)22)20-26(23,24)17-10-4-14(3)5-11-17/h4-11,13,18,20H,12H2,1-3H3,(H,21,22). The first-order valence-corrected chi connectivity index (χ1v) is 9.73. The van der Waals surface area contributed by atoms with Crippen LogP contribution in [-0.2, 0) is 14.8 Å². The number of carbonyl (C=O) groups is 1. The molecule has 0 aliphatic rings. The maximum absolute atomic E-state index is 12.6. The van der Waals surface area contributed by atoms with Crippen LogP contribution in [0.3, 0.4) is 0 Å². The van der Waals surface area contributed by atoms with Crippen molar-refractivity contribution >= 4 is 16.0 Å². The fourth-order valence-electron chi connectivity index (χ4n) is 2.43. The van der Waals surface area contributed by atoms with Crippen LogP contribution in [0.2, 0.25) is 0 Å². The summed E-state index contributed by atoms with van der Waals surface area (Å²) in [5.41, 5.74) is 1.49. The Morgan fingerprint density at radius 1 is 1.08 bits per heavy atom. The van der Waals surface area contributed by atoms with E-state index in [0.717, 1.165) is 5.56 Å². The number of aryl methyl sites for hydroxylation is 1. The van der Waals surface area contributed by atoms with Crippen LogP contribution in [0.1, 0.15) is 37.4 Å². The van der Waals surface area contributed by atoms with Crippen molar-refractivity contribution in [2.24, 2.45) is 0 Å². The van der Waals surface area contributed by atoms with Crippen molar-refractivity contribution in [3.63, 3.8) is 0 Å². The van der Waals surface area contributed by atoms with Gasteiger partial charge in [0.05, 0.1) is 23.5 Å². The third-order valence-electron chi connectivity index (χ3n) is 3.66. The minimum atomic E-state index is -3.84. The zero-order valence-electron chi connectivity index (χ0n) is 15.0. The number of aliphatic carboxylic acids is 1. The van der Waals surface area contributed by atoms with Crippen LogP contribution in [-0.4, -0.2) is 25.6 Å². The third kappa shape index (κ3) is 5.57. The van der Waals surface area contributed by atoms with Gasteiger partial charge in [-0.3, -0.25) is 4.79 Å². The Morgan fingerprint density at radius 2 is 1.65 bits per heavy atom. The van der Waals surface area contributed by atoms with Gasteiger partial charge in [-0.15, -0.1) is 0 Å². The topological polar surface area (TPSA) is 92.7 Å². The maximum atomic E-state index is 12.6. The van der Waals surface area contributed by atoms with Crippen molar-refractivity contribution < 1.29 is 23.1 Å². The predicted molar refractivity (Wildman–Crippen MR) is 98.7 cm³/mol. The minimum absolute atomic E-state index is 0.00991. The van der Waals surface area contributed by atoms with E-state index in [9.17, 15) is 13.2 Å². The molecule has 0 spiro atoms. The Labute approximate surface area is 153 Å². The van der Waals surface area contributed by atoms with Gasteiger partial charge in [-0.1, -0.05) is 29.8 Å². The molecule has 2 aromatic carbocycles. The fourth-order valence-corrected chi connectivity index (χ4v) is 3.65. The molecule has 2 rings (SSSR count). The van der Waals surface area contributed by atoms with E-state index in [4.69, 9.17) is 9.84 Å². The van der Waals surface area contributed by atoms with Crippen LogP contribution in [0, 0.1) is 6.92 Å². The normalized spacial score (nSPS) is 12.8. The van der Waals surface area contributed by atoms with Gasteiger partial charge in [0, 0.05) is 0 Å². The van der Waals surface area contributed by atoms with Crippen LogP contribution in [0.15, 0.2) is 53.4 Å². The van der Waals surface area contributed by atoms with Crippen molar-refractivity contribution in [1.82, 2.24) is 4.72 Å². The number of ether oxygens (including phenoxy) is 1. The Balaban J connectivity index is 2.26. The first-order chi connectivity index (χ1) is 12.2.